The fourth-order valence-corrected chi connectivity index (χ4v) is 1.20. The molecule has 12 heavy (non-hydrogen) atoms. The number of hydrogen-bond acceptors (Lipinski definition) is 1. The van der Waals surface area contributed by atoms with Crippen molar-refractivity contribution in [2.75, 3.05) is 0 Å². The van der Waals surface area contributed by atoms with Crippen LogP contribution in [0.2, 0.25) is 0 Å². The molecule has 0 saturated carbocycles. The minimum atomic E-state index is -0.839. The van der Waals surface area contributed by atoms with Gasteiger partial charge in [0.15, 0.2) is 0 Å². The van der Waals surface area contributed by atoms with Gasteiger partial charge in [0.2, 0.25) is 0 Å². The molecule has 0 aliphatic carbocycles. The molecule has 0 radical (unpaired) electrons. The lowest BCUT2D eigenvalue weighted by Gasteiger charge is -2.02. The second kappa shape index (κ2) is 3.18. The summed E-state index contributed by atoms with van der Waals surface area (Å²) >= 11 is 2.90. The molecule has 1 aromatic rings. The Morgan fingerprint density at radius 1 is 1.33 bits per heavy atom. The average Bonchev–Trinajstić information content (AvgIpc) is 1.82. The molecule has 0 aliphatic heterocycles. The lowest BCUT2D eigenvalue weighted by atomic mass is 10.2. The molecule has 1 rings (SSSR count). The van der Waals surface area contributed by atoms with E-state index in [4.69, 9.17) is 11.1 Å². The monoisotopic (exact) mass is 234 g/mol. The van der Waals surface area contributed by atoms with Crippen molar-refractivity contribution < 1.29 is 8.78 Å². The summed E-state index contributed by atoms with van der Waals surface area (Å²) in [6, 6.07) is 2.11. The van der Waals surface area contributed by atoms with Gasteiger partial charge in [0.05, 0.1) is 5.56 Å². The number of nitrogen functional groups attached to an aromatic ring is 1. The Labute approximate surface area is 76.0 Å². The Bertz CT molecular complexity index is 315. The third kappa shape index (κ3) is 1.61. The van der Waals surface area contributed by atoms with E-state index in [-0.39, 0.29) is 4.47 Å². The molecule has 2 nitrogen and oxygen atoms in total. The number of nitrogens with one attached hydrogen (secondary N) is 1. The topological polar surface area (TPSA) is 49.9 Å². The molecular formula is C7H5BrF2N2. The van der Waals surface area contributed by atoms with Crippen molar-refractivity contribution in [3.8, 4) is 0 Å². The van der Waals surface area contributed by atoms with E-state index in [0.717, 1.165) is 12.1 Å². The van der Waals surface area contributed by atoms with Crippen molar-refractivity contribution in [1.29, 1.82) is 5.41 Å². The van der Waals surface area contributed by atoms with Crippen LogP contribution in [0.4, 0.5) is 8.78 Å². The van der Waals surface area contributed by atoms with Gasteiger partial charge in [-0.25, -0.2) is 8.78 Å². The highest BCUT2D eigenvalue weighted by Gasteiger charge is 2.12. The molecular weight excluding hydrogens is 230 g/mol. The standard InChI is InChI=1S/C7H5BrF2N2/c8-3-1-4(9)6(7(11)12)5(10)2-3/h1-2H,(H3,11,12). The van der Waals surface area contributed by atoms with Crippen LogP contribution in [0, 0.1) is 17.0 Å². The summed E-state index contributed by atoms with van der Waals surface area (Å²) < 4.78 is 26.0. The molecule has 0 atom stereocenters. The molecule has 5 heteroatoms. The normalized spacial score (nSPS) is 9.92. The van der Waals surface area contributed by atoms with Crippen LogP contribution in [-0.2, 0) is 0 Å². The van der Waals surface area contributed by atoms with Gasteiger partial charge in [0, 0.05) is 4.47 Å². The van der Waals surface area contributed by atoms with E-state index in [1.165, 1.54) is 0 Å². The summed E-state index contributed by atoms with van der Waals surface area (Å²) in [5.41, 5.74) is 4.47. The highest BCUT2D eigenvalue weighted by molar-refractivity contribution is 9.10. The molecule has 0 aliphatic rings. The van der Waals surface area contributed by atoms with Crippen molar-refractivity contribution >= 4 is 21.8 Å². The van der Waals surface area contributed by atoms with Gasteiger partial charge in [-0.05, 0) is 12.1 Å². The first-order valence-electron chi connectivity index (χ1n) is 3.01. The molecule has 3 N–H and O–H groups in total. The smallest absolute Gasteiger partial charge is 0.138 e. The maximum absolute atomic E-state index is 12.9. The van der Waals surface area contributed by atoms with Crippen molar-refractivity contribution in [2.24, 2.45) is 5.73 Å². The Kier molecular flexibility index (Phi) is 2.42. The van der Waals surface area contributed by atoms with Gasteiger partial charge < -0.3 is 5.73 Å². The van der Waals surface area contributed by atoms with E-state index in [1.54, 1.807) is 0 Å². The van der Waals surface area contributed by atoms with Crippen LogP contribution < -0.4 is 5.73 Å². The molecule has 0 unspecified atom stereocenters. The van der Waals surface area contributed by atoms with E-state index in [2.05, 4.69) is 15.9 Å². The SMILES string of the molecule is N=C(N)c1c(F)cc(Br)cc1F. The quantitative estimate of drug-likeness (QED) is 0.567. The molecule has 0 amide bonds. The molecule has 0 bridgehead atoms. The van der Waals surface area contributed by atoms with E-state index >= 15 is 0 Å². The van der Waals surface area contributed by atoms with E-state index in [0.29, 0.717) is 0 Å². The molecule has 0 saturated heterocycles. The van der Waals surface area contributed by atoms with Crippen LogP contribution in [0.25, 0.3) is 0 Å². The zero-order valence-corrected chi connectivity index (χ0v) is 7.45. The number of benzene rings is 1. The van der Waals surface area contributed by atoms with E-state index in [9.17, 15) is 8.78 Å². The maximum atomic E-state index is 12.9. The summed E-state index contributed by atoms with van der Waals surface area (Å²) in [7, 11) is 0. The summed E-state index contributed by atoms with van der Waals surface area (Å²) in [6.45, 7) is 0. The van der Waals surface area contributed by atoms with Crippen molar-refractivity contribution in [3.05, 3.63) is 33.8 Å². The predicted molar refractivity (Wildman–Crippen MR) is 45.1 cm³/mol. The fraction of sp³-hybridized carbons (Fsp3) is 0. The van der Waals surface area contributed by atoms with Gasteiger partial charge in [-0.1, -0.05) is 15.9 Å². The first-order chi connectivity index (χ1) is 5.52. The molecule has 0 spiro atoms. The molecule has 0 aromatic heterocycles. The lowest BCUT2D eigenvalue weighted by Crippen LogP contribution is -2.15. The highest BCUT2D eigenvalue weighted by Crippen LogP contribution is 2.18. The van der Waals surface area contributed by atoms with Gasteiger partial charge in [-0.15, -0.1) is 0 Å². The van der Waals surface area contributed by atoms with Crippen molar-refractivity contribution in [2.45, 2.75) is 0 Å². The number of amidine groups is 1. The third-order valence-electron chi connectivity index (χ3n) is 1.28. The molecule has 0 fully saturated rings. The van der Waals surface area contributed by atoms with Crippen LogP contribution in [-0.4, -0.2) is 5.84 Å². The molecule has 0 heterocycles. The number of nitrogens with two attached hydrogens (primary N) is 1. The minimum absolute atomic E-state index is 0.280. The third-order valence-corrected chi connectivity index (χ3v) is 1.73. The summed E-state index contributed by atoms with van der Waals surface area (Å²) in [4.78, 5) is 0. The zero-order valence-electron chi connectivity index (χ0n) is 5.87. The number of rotatable bonds is 1. The summed E-state index contributed by atoms with van der Waals surface area (Å²) in [6.07, 6.45) is 0. The van der Waals surface area contributed by atoms with E-state index < -0.39 is 23.0 Å². The minimum Gasteiger partial charge on any atom is -0.384 e. The van der Waals surface area contributed by atoms with Gasteiger partial charge in [0.25, 0.3) is 0 Å². The maximum Gasteiger partial charge on any atom is 0.138 e. The molecule has 64 valence electrons. The number of hydrogen-bond donors (Lipinski definition) is 2. The Morgan fingerprint density at radius 2 is 1.75 bits per heavy atom. The highest BCUT2D eigenvalue weighted by atomic mass is 79.9. The van der Waals surface area contributed by atoms with Gasteiger partial charge in [-0.3, -0.25) is 5.41 Å². The Hall–Kier alpha value is -0.970. The predicted octanol–water partition coefficient (Wildman–Crippen LogP) is 2.01. The average molecular weight is 235 g/mol. The van der Waals surface area contributed by atoms with Crippen LogP contribution in [0.5, 0.6) is 0 Å². The first kappa shape index (κ1) is 9.12. The van der Waals surface area contributed by atoms with Gasteiger partial charge in [0.1, 0.15) is 17.5 Å². The summed E-state index contributed by atoms with van der Waals surface area (Å²) in [5, 5.41) is 6.87. The fourth-order valence-electron chi connectivity index (χ4n) is 0.800. The van der Waals surface area contributed by atoms with Crippen molar-refractivity contribution in [1.82, 2.24) is 0 Å². The summed E-state index contributed by atoms with van der Waals surface area (Å²) in [5.74, 6) is -2.29. The van der Waals surface area contributed by atoms with Crippen LogP contribution in [0.3, 0.4) is 0 Å². The van der Waals surface area contributed by atoms with Gasteiger partial charge in [-0.2, -0.15) is 0 Å². The Balaban J connectivity index is 3.38. The number of halogens is 3. The lowest BCUT2D eigenvalue weighted by molar-refractivity contribution is 0.577. The first-order valence-corrected chi connectivity index (χ1v) is 3.80. The second-order valence-electron chi connectivity index (χ2n) is 2.16. The van der Waals surface area contributed by atoms with Crippen LogP contribution >= 0.6 is 15.9 Å². The molecule has 1 aromatic carbocycles. The Morgan fingerprint density at radius 3 is 2.08 bits per heavy atom. The van der Waals surface area contributed by atoms with Crippen LogP contribution in [0.1, 0.15) is 5.56 Å². The van der Waals surface area contributed by atoms with E-state index in [1.807, 2.05) is 0 Å². The van der Waals surface area contributed by atoms with Crippen molar-refractivity contribution in [3.63, 3.8) is 0 Å². The zero-order chi connectivity index (χ0) is 9.30. The van der Waals surface area contributed by atoms with Gasteiger partial charge >= 0.3 is 0 Å². The van der Waals surface area contributed by atoms with Crippen LogP contribution in [0.15, 0.2) is 16.6 Å². The second-order valence-corrected chi connectivity index (χ2v) is 3.07. The largest absolute Gasteiger partial charge is 0.384 e.